The highest BCUT2D eigenvalue weighted by Crippen LogP contribution is 2.43. The fraction of sp³-hybridized carbons (Fsp3) is 0.921. The molecular formula is C38H78N2O6P+. The van der Waals surface area contributed by atoms with Crippen molar-refractivity contribution in [1.82, 2.24) is 5.32 Å². The lowest BCUT2D eigenvalue weighted by atomic mass is 10.0. The molecule has 8 nitrogen and oxygen atoms in total. The summed E-state index contributed by atoms with van der Waals surface area (Å²) in [6.45, 7) is 4.84. The lowest BCUT2D eigenvalue weighted by Gasteiger charge is -2.26. The minimum Gasteiger partial charge on any atom is -0.391 e. The van der Waals surface area contributed by atoms with Crippen LogP contribution in [0.25, 0.3) is 0 Å². The molecule has 0 rings (SSSR count). The van der Waals surface area contributed by atoms with Gasteiger partial charge in [0.1, 0.15) is 13.2 Å². The van der Waals surface area contributed by atoms with Crippen LogP contribution in [-0.4, -0.2) is 73.4 Å². The highest BCUT2D eigenvalue weighted by molar-refractivity contribution is 7.47. The zero-order valence-corrected chi connectivity index (χ0v) is 32.4. The Morgan fingerprint density at radius 2 is 1.15 bits per heavy atom. The van der Waals surface area contributed by atoms with Gasteiger partial charge in [-0.1, -0.05) is 142 Å². The Bertz CT molecular complexity index is 789. The first-order valence-electron chi connectivity index (χ1n) is 19.6. The van der Waals surface area contributed by atoms with E-state index in [0.29, 0.717) is 23.9 Å². The molecule has 0 aliphatic heterocycles. The number of hydrogen-bond donors (Lipinski definition) is 3. The number of unbranched alkanes of at least 4 members (excludes halogenated alkanes) is 20. The zero-order chi connectivity index (χ0) is 35.1. The summed E-state index contributed by atoms with van der Waals surface area (Å²) in [5.74, 6) is -0.156. The number of hydrogen-bond acceptors (Lipinski definition) is 5. The van der Waals surface area contributed by atoms with E-state index in [1.807, 2.05) is 21.1 Å². The quantitative estimate of drug-likeness (QED) is 0.0265. The number of aliphatic hydroxyl groups excluding tert-OH is 1. The van der Waals surface area contributed by atoms with E-state index in [-0.39, 0.29) is 19.1 Å². The Hall–Kier alpha value is -0.760. The molecule has 1 amide bonds. The first-order chi connectivity index (χ1) is 22.5. The van der Waals surface area contributed by atoms with Crippen LogP contribution in [0.2, 0.25) is 0 Å². The predicted octanol–water partition coefficient (Wildman–Crippen LogP) is 10.0. The first-order valence-corrected chi connectivity index (χ1v) is 21.0. The number of phosphoric ester groups is 1. The van der Waals surface area contributed by atoms with Gasteiger partial charge in [0.2, 0.25) is 5.91 Å². The molecule has 1 unspecified atom stereocenters. The van der Waals surface area contributed by atoms with Gasteiger partial charge in [0, 0.05) is 6.42 Å². The van der Waals surface area contributed by atoms with Gasteiger partial charge in [-0.3, -0.25) is 13.8 Å². The SMILES string of the molecule is CCCCCCCCC/C=C/CCCC[C@@H](O)[C@H](COP(=O)(O)OCC[N+](C)(C)C)NC(=O)CCCCCCCCCCCCCC. The Balaban J connectivity index is 4.50. The van der Waals surface area contributed by atoms with Crippen LogP contribution in [0.4, 0.5) is 0 Å². The Morgan fingerprint density at radius 1 is 0.702 bits per heavy atom. The highest BCUT2D eigenvalue weighted by atomic mass is 31.2. The van der Waals surface area contributed by atoms with Gasteiger partial charge in [0.15, 0.2) is 0 Å². The molecule has 0 aliphatic carbocycles. The van der Waals surface area contributed by atoms with Crippen LogP contribution in [0.5, 0.6) is 0 Å². The average Bonchev–Trinajstić information content (AvgIpc) is 3.01. The molecule has 3 N–H and O–H groups in total. The van der Waals surface area contributed by atoms with Gasteiger partial charge < -0.3 is 19.8 Å². The minimum absolute atomic E-state index is 0.0717. The molecule has 0 aromatic heterocycles. The van der Waals surface area contributed by atoms with E-state index in [0.717, 1.165) is 44.9 Å². The predicted molar refractivity (Wildman–Crippen MR) is 198 cm³/mol. The van der Waals surface area contributed by atoms with Crippen molar-refractivity contribution in [3.63, 3.8) is 0 Å². The monoisotopic (exact) mass is 690 g/mol. The third-order valence-electron chi connectivity index (χ3n) is 8.76. The molecule has 0 fully saturated rings. The molecule has 0 aromatic rings. The number of carbonyl (C=O) groups is 1. The number of nitrogens with zero attached hydrogens (tertiary/aromatic N) is 1. The number of amides is 1. The summed E-state index contributed by atoms with van der Waals surface area (Å²) in [7, 11) is 1.60. The number of nitrogens with one attached hydrogen (secondary N) is 1. The number of quaternary nitrogens is 1. The van der Waals surface area contributed by atoms with E-state index in [9.17, 15) is 19.4 Å². The second kappa shape index (κ2) is 31.2. The standard InChI is InChI=1S/C38H77N2O6P/c1-6-8-10-12-14-16-18-20-21-23-25-27-29-31-37(41)36(35-46-47(43,44)45-34-33-40(3,4)5)39-38(42)32-30-28-26-24-22-19-17-15-13-11-9-7-2/h21,23,36-37,41H,6-20,22,24-35H2,1-5H3,(H-,39,42,43,44)/p+1/b23-21+/t36-,37+/m0/s1. The molecule has 0 aliphatic rings. The molecule has 0 spiro atoms. The molecule has 0 bridgehead atoms. The topological polar surface area (TPSA) is 105 Å². The number of allylic oxidation sites excluding steroid dienone is 2. The number of phosphoric acid groups is 1. The smallest absolute Gasteiger partial charge is 0.391 e. The van der Waals surface area contributed by atoms with Crippen LogP contribution in [0.3, 0.4) is 0 Å². The molecule has 0 radical (unpaired) electrons. The largest absolute Gasteiger partial charge is 0.472 e. The Kier molecular flexibility index (Phi) is 30.7. The second-order valence-corrected chi connectivity index (χ2v) is 16.1. The molecular weight excluding hydrogens is 611 g/mol. The van der Waals surface area contributed by atoms with Crippen LogP contribution in [0.15, 0.2) is 12.2 Å². The van der Waals surface area contributed by atoms with Crippen LogP contribution < -0.4 is 5.32 Å². The van der Waals surface area contributed by atoms with Crippen LogP contribution in [0, 0.1) is 0 Å². The third kappa shape index (κ3) is 33.5. The molecule has 3 atom stereocenters. The summed E-state index contributed by atoms with van der Waals surface area (Å²) in [6.07, 6.45) is 32.3. The molecule has 0 heterocycles. The molecule has 280 valence electrons. The number of carbonyl (C=O) groups excluding carboxylic acids is 1. The van der Waals surface area contributed by atoms with Crippen molar-refractivity contribution in [3.8, 4) is 0 Å². The maximum atomic E-state index is 12.8. The van der Waals surface area contributed by atoms with Crippen LogP contribution in [-0.2, 0) is 18.4 Å². The average molecular weight is 690 g/mol. The summed E-state index contributed by atoms with van der Waals surface area (Å²) < 4.78 is 23.5. The normalized spacial score (nSPS) is 14.8. The molecule has 0 saturated heterocycles. The lowest BCUT2D eigenvalue weighted by molar-refractivity contribution is -0.870. The number of rotatable bonds is 35. The van der Waals surface area contributed by atoms with Crippen molar-refractivity contribution in [2.75, 3.05) is 40.9 Å². The van der Waals surface area contributed by atoms with E-state index < -0.39 is 20.0 Å². The summed E-state index contributed by atoms with van der Waals surface area (Å²) in [6, 6.07) is -0.768. The van der Waals surface area contributed by atoms with Crippen molar-refractivity contribution in [1.29, 1.82) is 0 Å². The number of aliphatic hydroxyl groups is 1. The van der Waals surface area contributed by atoms with Crippen molar-refractivity contribution in [2.24, 2.45) is 0 Å². The van der Waals surface area contributed by atoms with E-state index in [2.05, 4.69) is 31.3 Å². The molecule has 9 heteroatoms. The summed E-state index contributed by atoms with van der Waals surface area (Å²) >= 11 is 0. The second-order valence-electron chi connectivity index (χ2n) is 14.7. The third-order valence-corrected chi connectivity index (χ3v) is 9.75. The van der Waals surface area contributed by atoms with Gasteiger partial charge in [-0.25, -0.2) is 4.57 Å². The summed E-state index contributed by atoms with van der Waals surface area (Å²) in [5, 5.41) is 13.8. The van der Waals surface area contributed by atoms with Crippen molar-refractivity contribution in [3.05, 3.63) is 12.2 Å². The van der Waals surface area contributed by atoms with E-state index in [1.165, 1.54) is 103 Å². The Morgan fingerprint density at radius 3 is 1.64 bits per heavy atom. The molecule has 0 saturated carbocycles. The fourth-order valence-corrected chi connectivity index (χ4v) is 6.30. The minimum atomic E-state index is -4.31. The maximum absolute atomic E-state index is 12.8. The lowest BCUT2D eigenvalue weighted by Crippen LogP contribution is -2.46. The van der Waals surface area contributed by atoms with Gasteiger partial charge in [0.05, 0.1) is 39.9 Å². The van der Waals surface area contributed by atoms with Crippen LogP contribution >= 0.6 is 7.82 Å². The van der Waals surface area contributed by atoms with Gasteiger partial charge in [-0.05, 0) is 38.5 Å². The van der Waals surface area contributed by atoms with Crippen LogP contribution in [0.1, 0.15) is 174 Å². The van der Waals surface area contributed by atoms with Gasteiger partial charge in [-0.2, -0.15) is 0 Å². The summed E-state index contributed by atoms with van der Waals surface area (Å²) in [4.78, 5) is 23.0. The van der Waals surface area contributed by atoms with Crippen molar-refractivity contribution >= 4 is 13.7 Å². The number of likely N-dealkylation sites (N-methyl/N-ethyl adjacent to an activating group) is 1. The van der Waals surface area contributed by atoms with E-state index in [4.69, 9.17) is 9.05 Å². The van der Waals surface area contributed by atoms with Gasteiger partial charge >= 0.3 is 7.82 Å². The van der Waals surface area contributed by atoms with Gasteiger partial charge in [0.25, 0.3) is 0 Å². The molecule has 0 aromatic carbocycles. The Labute approximate surface area is 291 Å². The van der Waals surface area contributed by atoms with E-state index >= 15 is 0 Å². The zero-order valence-electron chi connectivity index (χ0n) is 31.5. The van der Waals surface area contributed by atoms with Crippen molar-refractivity contribution < 1.29 is 32.9 Å². The van der Waals surface area contributed by atoms with Crippen molar-refractivity contribution in [2.45, 2.75) is 187 Å². The first kappa shape index (κ1) is 46.2. The molecule has 47 heavy (non-hydrogen) atoms. The fourth-order valence-electron chi connectivity index (χ4n) is 5.57. The highest BCUT2D eigenvalue weighted by Gasteiger charge is 2.28. The maximum Gasteiger partial charge on any atom is 0.472 e. The van der Waals surface area contributed by atoms with E-state index in [1.54, 1.807) is 0 Å². The summed E-state index contributed by atoms with van der Waals surface area (Å²) in [5.41, 5.74) is 0. The van der Waals surface area contributed by atoms with Gasteiger partial charge in [-0.15, -0.1) is 0 Å².